The second-order valence-corrected chi connectivity index (χ2v) is 13.2. The van der Waals surface area contributed by atoms with E-state index in [0.717, 1.165) is 12.8 Å². The summed E-state index contributed by atoms with van der Waals surface area (Å²) >= 11 is 0. The van der Waals surface area contributed by atoms with Crippen LogP contribution in [-0.4, -0.2) is 11.8 Å². The molecule has 33 heavy (non-hydrogen) atoms. The molecule has 2 unspecified atom stereocenters. The Hall–Kier alpha value is -2.26. The first-order chi connectivity index (χ1) is 16.4. The molecule has 0 aliphatic heterocycles. The molecule has 2 heteroatoms. The Bertz CT molecular complexity index is 1010. The van der Waals surface area contributed by atoms with Crippen LogP contribution < -0.4 is 15.9 Å². The minimum Gasteiger partial charge on any atom is -0.0836 e. The molecule has 3 aromatic rings. The van der Waals surface area contributed by atoms with Gasteiger partial charge in [0.1, 0.15) is 0 Å². The van der Waals surface area contributed by atoms with Crippen LogP contribution in [0.15, 0.2) is 127 Å². The maximum Gasteiger partial charge on any atom is 0.00852 e. The fourth-order valence-corrected chi connectivity index (χ4v) is 9.89. The summed E-state index contributed by atoms with van der Waals surface area (Å²) in [6.07, 6.45) is 17.7. The lowest BCUT2D eigenvalue weighted by molar-refractivity contribution is 0.938. The van der Waals surface area contributed by atoms with Crippen molar-refractivity contribution in [3.8, 4) is 0 Å². The molecule has 168 valence electrons. The molecule has 3 aromatic carbocycles. The van der Waals surface area contributed by atoms with Crippen LogP contribution in [0.5, 0.6) is 0 Å². The Morgan fingerprint density at radius 3 is 1.88 bits per heavy atom. The lowest BCUT2D eigenvalue weighted by Gasteiger charge is -2.29. The standard InChI is InChI=1S/C31H34P2/c1-2-16-29(33(30-21-11-5-12-22-30)31-23-13-6-14-24-31)25-15-26-32(27-17-7-3-8-18-27)28-19-9-4-10-20-28/h3-14,16-23,31H,2,15,24-26H2,1H3/b29-16+. The summed E-state index contributed by atoms with van der Waals surface area (Å²) < 4.78 is 0. The van der Waals surface area contributed by atoms with E-state index in [4.69, 9.17) is 0 Å². The van der Waals surface area contributed by atoms with Gasteiger partial charge in [-0.15, -0.1) is 0 Å². The Labute approximate surface area is 202 Å². The van der Waals surface area contributed by atoms with E-state index in [2.05, 4.69) is 128 Å². The first-order valence-electron chi connectivity index (χ1n) is 12.1. The predicted octanol–water partition coefficient (Wildman–Crippen LogP) is 7.89. The number of rotatable bonds is 10. The summed E-state index contributed by atoms with van der Waals surface area (Å²) in [5.74, 6) is 0. The van der Waals surface area contributed by atoms with Gasteiger partial charge in [0.2, 0.25) is 0 Å². The van der Waals surface area contributed by atoms with Crippen molar-refractivity contribution in [2.75, 3.05) is 6.16 Å². The first-order valence-corrected chi connectivity index (χ1v) is 15.0. The molecule has 0 radical (unpaired) electrons. The smallest absolute Gasteiger partial charge is 0.00852 e. The average Bonchev–Trinajstić information content (AvgIpc) is 2.89. The normalized spacial score (nSPS) is 16.8. The van der Waals surface area contributed by atoms with Gasteiger partial charge in [-0.05, 0) is 68.9 Å². The number of benzene rings is 3. The van der Waals surface area contributed by atoms with Gasteiger partial charge in [0.15, 0.2) is 0 Å². The molecule has 0 saturated carbocycles. The van der Waals surface area contributed by atoms with Crippen LogP contribution in [0.2, 0.25) is 0 Å². The van der Waals surface area contributed by atoms with Crippen molar-refractivity contribution < 1.29 is 0 Å². The molecule has 0 bridgehead atoms. The SMILES string of the molecule is CC/C=C(\CCCP(c1ccccc1)c1ccccc1)P(c1ccccc1)C1C=CC=CC1. The maximum absolute atomic E-state index is 2.54. The lowest BCUT2D eigenvalue weighted by atomic mass is 10.2. The minimum absolute atomic E-state index is 0.324. The zero-order valence-corrected chi connectivity index (χ0v) is 21.3. The van der Waals surface area contributed by atoms with E-state index in [1.807, 2.05) is 0 Å². The van der Waals surface area contributed by atoms with Gasteiger partial charge < -0.3 is 0 Å². The van der Waals surface area contributed by atoms with Crippen LogP contribution in [0, 0.1) is 0 Å². The lowest BCUT2D eigenvalue weighted by Crippen LogP contribution is -2.15. The Morgan fingerprint density at radius 2 is 1.36 bits per heavy atom. The quantitative estimate of drug-likeness (QED) is 0.266. The van der Waals surface area contributed by atoms with E-state index in [0.29, 0.717) is 5.66 Å². The molecule has 2 atom stereocenters. The molecule has 0 saturated heterocycles. The van der Waals surface area contributed by atoms with Gasteiger partial charge in [0, 0.05) is 5.66 Å². The largest absolute Gasteiger partial charge is 0.0836 e. The van der Waals surface area contributed by atoms with Crippen LogP contribution >= 0.6 is 15.8 Å². The Morgan fingerprint density at radius 1 is 0.788 bits per heavy atom. The van der Waals surface area contributed by atoms with Crippen LogP contribution in [0.4, 0.5) is 0 Å². The zero-order chi connectivity index (χ0) is 22.7. The third-order valence-corrected chi connectivity index (χ3v) is 11.6. The molecule has 4 rings (SSSR count). The molecule has 0 amide bonds. The maximum atomic E-state index is 2.54. The summed E-state index contributed by atoms with van der Waals surface area (Å²) in [7, 11) is -0.676. The topological polar surface area (TPSA) is 0 Å². The van der Waals surface area contributed by atoms with Crippen molar-refractivity contribution >= 4 is 31.8 Å². The Kier molecular flexibility index (Phi) is 9.29. The molecular weight excluding hydrogens is 434 g/mol. The summed E-state index contributed by atoms with van der Waals surface area (Å²) in [6.45, 7) is 2.29. The minimum atomic E-state index is -0.352. The van der Waals surface area contributed by atoms with Crippen molar-refractivity contribution in [3.05, 3.63) is 127 Å². The highest BCUT2D eigenvalue weighted by atomic mass is 31.1. The van der Waals surface area contributed by atoms with Crippen LogP contribution in [-0.2, 0) is 0 Å². The van der Waals surface area contributed by atoms with Crippen molar-refractivity contribution in [2.24, 2.45) is 0 Å². The van der Waals surface area contributed by atoms with E-state index >= 15 is 0 Å². The third-order valence-electron chi connectivity index (χ3n) is 6.02. The van der Waals surface area contributed by atoms with E-state index in [1.165, 1.54) is 34.9 Å². The predicted molar refractivity (Wildman–Crippen MR) is 151 cm³/mol. The highest BCUT2D eigenvalue weighted by molar-refractivity contribution is 7.73. The van der Waals surface area contributed by atoms with Crippen molar-refractivity contribution in [1.82, 2.24) is 0 Å². The molecular formula is C31H34P2. The fraction of sp³-hybridized carbons (Fsp3) is 0.226. The monoisotopic (exact) mass is 468 g/mol. The number of hydrogen-bond donors (Lipinski definition) is 0. The Balaban J connectivity index is 1.54. The van der Waals surface area contributed by atoms with Gasteiger partial charge in [-0.25, -0.2) is 0 Å². The highest BCUT2D eigenvalue weighted by Gasteiger charge is 2.24. The third kappa shape index (κ3) is 6.63. The molecule has 0 nitrogen and oxygen atoms in total. The van der Waals surface area contributed by atoms with Crippen molar-refractivity contribution in [2.45, 2.75) is 38.3 Å². The van der Waals surface area contributed by atoms with Gasteiger partial charge in [-0.2, -0.15) is 0 Å². The second-order valence-electron chi connectivity index (χ2n) is 8.35. The molecule has 0 spiro atoms. The zero-order valence-electron chi connectivity index (χ0n) is 19.6. The van der Waals surface area contributed by atoms with E-state index in [1.54, 1.807) is 5.31 Å². The van der Waals surface area contributed by atoms with Crippen LogP contribution in [0.25, 0.3) is 0 Å². The van der Waals surface area contributed by atoms with E-state index in [9.17, 15) is 0 Å². The van der Waals surface area contributed by atoms with Gasteiger partial charge >= 0.3 is 0 Å². The molecule has 1 aliphatic rings. The van der Waals surface area contributed by atoms with Gasteiger partial charge in [0.05, 0.1) is 0 Å². The molecule has 0 N–H and O–H groups in total. The highest BCUT2D eigenvalue weighted by Crippen LogP contribution is 2.53. The fourth-order valence-electron chi connectivity index (χ4n) is 4.52. The number of hydrogen-bond acceptors (Lipinski definition) is 0. The van der Waals surface area contributed by atoms with Gasteiger partial charge in [-0.3, -0.25) is 0 Å². The molecule has 1 aliphatic carbocycles. The summed E-state index contributed by atoms with van der Waals surface area (Å²) in [5, 5.41) is 6.18. The van der Waals surface area contributed by atoms with Gasteiger partial charge in [-0.1, -0.05) is 128 Å². The summed E-state index contributed by atoms with van der Waals surface area (Å²) in [6, 6.07) is 33.5. The molecule has 0 heterocycles. The van der Waals surface area contributed by atoms with Crippen LogP contribution in [0.3, 0.4) is 0 Å². The van der Waals surface area contributed by atoms with E-state index in [-0.39, 0.29) is 15.8 Å². The first kappa shape index (κ1) is 23.9. The van der Waals surface area contributed by atoms with Gasteiger partial charge in [0.25, 0.3) is 0 Å². The van der Waals surface area contributed by atoms with Crippen molar-refractivity contribution in [3.63, 3.8) is 0 Å². The van der Waals surface area contributed by atoms with Crippen molar-refractivity contribution in [1.29, 1.82) is 0 Å². The summed E-state index contributed by atoms with van der Waals surface area (Å²) in [4.78, 5) is 0. The number of allylic oxidation sites excluding steroid dienone is 6. The van der Waals surface area contributed by atoms with E-state index < -0.39 is 0 Å². The average molecular weight is 469 g/mol. The summed E-state index contributed by atoms with van der Waals surface area (Å²) in [5.41, 5.74) is 0.606. The second kappa shape index (κ2) is 12.8. The van der Waals surface area contributed by atoms with Crippen LogP contribution in [0.1, 0.15) is 32.6 Å². The molecule has 0 aromatic heterocycles. The molecule has 0 fully saturated rings.